The lowest BCUT2D eigenvalue weighted by atomic mass is 10.2. The number of allylic oxidation sites excluding steroid dienone is 5. The van der Waals surface area contributed by atoms with E-state index in [9.17, 15) is 9.90 Å². The Hall–Kier alpha value is -1.61. The van der Waals surface area contributed by atoms with Crippen molar-refractivity contribution in [2.45, 2.75) is 46.1 Å². The Labute approximate surface area is 129 Å². The van der Waals surface area contributed by atoms with Crippen molar-refractivity contribution in [2.24, 2.45) is 5.92 Å². The minimum atomic E-state index is -0.490. The number of rotatable bonds is 10. The highest BCUT2D eigenvalue weighted by Crippen LogP contribution is 1.97. The second-order valence-electron chi connectivity index (χ2n) is 5.33. The fraction of sp³-hybridized carbons (Fsp3) is 0.500. The van der Waals surface area contributed by atoms with E-state index < -0.39 is 6.10 Å². The van der Waals surface area contributed by atoms with E-state index in [1.807, 2.05) is 18.2 Å². The lowest BCUT2D eigenvalue weighted by Crippen LogP contribution is -2.25. The molecule has 0 spiro atoms. The van der Waals surface area contributed by atoms with Gasteiger partial charge < -0.3 is 10.4 Å². The maximum absolute atomic E-state index is 11.4. The van der Waals surface area contributed by atoms with Gasteiger partial charge in [-0.05, 0) is 18.8 Å². The van der Waals surface area contributed by atoms with Crippen molar-refractivity contribution >= 4 is 5.91 Å². The van der Waals surface area contributed by atoms with Gasteiger partial charge in [0.15, 0.2) is 0 Å². The van der Waals surface area contributed by atoms with Gasteiger partial charge in [-0.2, -0.15) is 0 Å². The molecule has 0 bridgehead atoms. The molecule has 0 aromatic rings. The number of aliphatic hydroxyl groups excluding tert-OH is 1. The summed E-state index contributed by atoms with van der Waals surface area (Å²) in [6, 6.07) is 0. The number of unbranched alkanes of at least 4 members (excludes halogenated alkanes) is 1. The molecular formula is C18H29NO2. The fourth-order valence-corrected chi connectivity index (χ4v) is 1.42. The first-order valence-electron chi connectivity index (χ1n) is 7.68. The van der Waals surface area contributed by atoms with Crippen molar-refractivity contribution < 1.29 is 9.90 Å². The standard InChI is InChI=1S/C18H29NO2/c1-4-5-6-7-9-12-17(20)13-10-8-11-14-18(21)19-15-16(2)3/h6-12,14,16-17,20H,4-5,13,15H2,1-3H3,(H,19,21). The van der Waals surface area contributed by atoms with E-state index in [-0.39, 0.29) is 5.91 Å². The molecular weight excluding hydrogens is 262 g/mol. The molecule has 21 heavy (non-hydrogen) atoms. The van der Waals surface area contributed by atoms with Crippen molar-refractivity contribution in [3.05, 3.63) is 48.6 Å². The maximum atomic E-state index is 11.4. The molecule has 118 valence electrons. The lowest BCUT2D eigenvalue weighted by molar-refractivity contribution is -0.116. The number of aliphatic hydroxyl groups is 1. The minimum absolute atomic E-state index is 0.0881. The average Bonchev–Trinajstić information content (AvgIpc) is 2.44. The van der Waals surface area contributed by atoms with Crippen LogP contribution in [0.1, 0.15) is 40.0 Å². The molecule has 0 fully saturated rings. The summed E-state index contributed by atoms with van der Waals surface area (Å²) in [4.78, 5) is 11.4. The van der Waals surface area contributed by atoms with Crippen LogP contribution in [0.25, 0.3) is 0 Å². The number of nitrogens with one attached hydrogen (secondary N) is 1. The van der Waals surface area contributed by atoms with Gasteiger partial charge >= 0.3 is 0 Å². The SMILES string of the molecule is CCCC=CC=CC(O)CC=CC=CC(=O)NCC(C)C. The zero-order valence-corrected chi connectivity index (χ0v) is 13.5. The predicted molar refractivity (Wildman–Crippen MR) is 89.9 cm³/mol. The van der Waals surface area contributed by atoms with E-state index in [2.05, 4.69) is 32.2 Å². The summed E-state index contributed by atoms with van der Waals surface area (Å²) >= 11 is 0. The monoisotopic (exact) mass is 291 g/mol. The van der Waals surface area contributed by atoms with Gasteiger partial charge in [-0.25, -0.2) is 0 Å². The first kappa shape index (κ1) is 19.4. The van der Waals surface area contributed by atoms with Crippen LogP contribution in [-0.4, -0.2) is 23.7 Å². The Morgan fingerprint density at radius 2 is 1.86 bits per heavy atom. The Bertz CT molecular complexity index is 379. The molecule has 0 radical (unpaired) electrons. The van der Waals surface area contributed by atoms with Crippen LogP contribution in [0.2, 0.25) is 0 Å². The smallest absolute Gasteiger partial charge is 0.243 e. The van der Waals surface area contributed by atoms with Crippen LogP contribution < -0.4 is 5.32 Å². The van der Waals surface area contributed by atoms with Crippen molar-refractivity contribution in [1.82, 2.24) is 5.32 Å². The molecule has 0 aliphatic heterocycles. The zero-order chi connectivity index (χ0) is 15.9. The average molecular weight is 291 g/mol. The van der Waals surface area contributed by atoms with E-state index in [0.717, 1.165) is 12.8 Å². The molecule has 0 saturated carbocycles. The molecule has 0 aliphatic carbocycles. The first-order valence-corrected chi connectivity index (χ1v) is 7.68. The summed E-state index contributed by atoms with van der Waals surface area (Å²) in [7, 11) is 0. The summed E-state index contributed by atoms with van der Waals surface area (Å²) < 4.78 is 0. The third-order valence-corrected chi connectivity index (χ3v) is 2.59. The number of amides is 1. The molecule has 0 aromatic carbocycles. The summed E-state index contributed by atoms with van der Waals surface area (Å²) in [6.45, 7) is 6.92. The van der Waals surface area contributed by atoms with Crippen LogP contribution in [0, 0.1) is 5.92 Å². The van der Waals surface area contributed by atoms with Crippen molar-refractivity contribution in [3.63, 3.8) is 0 Å². The molecule has 3 heteroatoms. The third-order valence-electron chi connectivity index (χ3n) is 2.59. The van der Waals surface area contributed by atoms with Gasteiger partial charge in [0.1, 0.15) is 0 Å². The summed E-state index contributed by atoms with van der Waals surface area (Å²) in [5.41, 5.74) is 0. The number of hydrogen-bond acceptors (Lipinski definition) is 2. The highest BCUT2D eigenvalue weighted by molar-refractivity contribution is 5.87. The predicted octanol–water partition coefficient (Wildman–Crippen LogP) is 3.53. The largest absolute Gasteiger partial charge is 0.389 e. The van der Waals surface area contributed by atoms with Gasteiger partial charge in [0.25, 0.3) is 0 Å². The van der Waals surface area contributed by atoms with Gasteiger partial charge in [-0.1, -0.05) is 69.7 Å². The summed E-state index contributed by atoms with van der Waals surface area (Å²) in [5, 5.41) is 12.5. The number of carbonyl (C=O) groups is 1. The number of hydrogen-bond donors (Lipinski definition) is 2. The van der Waals surface area contributed by atoms with E-state index in [4.69, 9.17) is 0 Å². The normalized spacial score (nSPS) is 14.1. The lowest BCUT2D eigenvalue weighted by Gasteiger charge is -2.03. The Morgan fingerprint density at radius 1 is 1.14 bits per heavy atom. The highest BCUT2D eigenvalue weighted by atomic mass is 16.3. The van der Waals surface area contributed by atoms with Crippen LogP contribution in [-0.2, 0) is 4.79 Å². The van der Waals surface area contributed by atoms with Crippen LogP contribution in [0.5, 0.6) is 0 Å². The summed E-state index contributed by atoms with van der Waals surface area (Å²) in [5.74, 6) is 0.362. The molecule has 1 atom stereocenters. The first-order chi connectivity index (χ1) is 10.1. The van der Waals surface area contributed by atoms with E-state index in [1.165, 1.54) is 6.08 Å². The maximum Gasteiger partial charge on any atom is 0.243 e. The van der Waals surface area contributed by atoms with E-state index in [0.29, 0.717) is 18.9 Å². The van der Waals surface area contributed by atoms with Crippen LogP contribution in [0.3, 0.4) is 0 Å². The Balaban J connectivity index is 3.86. The van der Waals surface area contributed by atoms with Crippen LogP contribution in [0.4, 0.5) is 0 Å². The molecule has 1 unspecified atom stereocenters. The highest BCUT2D eigenvalue weighted by Gasteiger charge is 1.96. The Kier molecular flexibility index (Phi) is 12.4. The zero-order valence-electron chi connectivity index (χ0n) is 13.5. The van der Waals surface area contributed by atoms with Crippen molar-refractivity contribution in [3.8, 4) is 0 Å². The van der Waals surface area contributed by atoms with Gasteiger partial charge in [-0.3, -0.25) is 4.79 Å². The van der Waals surface area contributed by atoms with E-state index >= 15 is 0 Å². The molecule has 3 nitrogen and oxygen atoms in total. The molecule has 1 amide bonds. The van der Waals surface area contributed by atoms with Gasteiger partial charge in [0, 0.05) is 12.6 Å². The molecule has 0 aromatic heterocycles. The Morgan fingerprint density at radius 3 is 2.52 bits per heavy atom. The molecule has 0 saturated heterocycles. The van der Waals surface area contributed by atoms with Crippen molar-refractivity contribution in [1.29, 1.82) is 0 Å². The van der Waals surface area contributed by atoms with Crippen LogP contribution in [0.15, 0.2) is 48.6 Å². The quantitative estimate of drug-likeness (QED) is 0.478. The second-order valence-corrected chi connectivity index (χ2v) is 5.33. The van der Waals surface area contributed by atoms with Crippen LogP contribution >= 0.6 is 0 Å². The topological polar surface area (TPSA) is 49.3 Å². The fourth-order valence-electron chi connectivity index (χ4n) is 1.42. The minimum Gasteiger partial charge on any atom is -0.389 e. The number of carbonyl (C=O) groups excluding carboxylic acids is 1. The molecule has 0 rings (SSSR count). The van der Waals surface area contributed by atoms with E-state index in [1.54, 1.807) is 18.2 Å². The molecule has 2 N–H and O–H groups in total. The molecule has 0 heterocycles. The van der Waals surface area contributed by atoms with Gasteiger partial charge in [0.2, 0.25) is 5.91 Å². The van der Waals surface area contributed by atoms with Gasteiger partial charge in [0.05, 0.1) is 6.10 Å². The summed E-state index contributed by atoms with van der Waals surface area (Å²) in [6.07, 6.45) is 16.7. The second kappa shape index (κ2) is 13.4. The third kappa shape index (κ3) is 14.6. The van der Waals surface area contributed by atoms with Gasteiger partial charge in [-0.15, -0.1) is 0 Å². The van der Waals surface area contributed by atoms with Crippen molar-refractivity contribution in [2.75, 3.05) is 6.54 Å². The molecule has 0 aliphatic rings.